The van der Waals surface area contributed by atoms with Gasteiger partial charge in [-0.2, -0.15) is 0 Å². The second kappa shape index (κ2) is 4.49. The Morgan fingerprint density at radius 1 is 1.50 bits per heavy atom. The number of hydrogen-bond acceptors (Lipinski definition) is 3. The van der Waals surface area contributed by atoms with Gasteiger partial charge in [-0.05, 0) is 29.5 Å². The van der Waals surface area contributed by atoms with E-state index in [2.05, 4.69) is 4.72 Å². The zero-order chi connectivity index (χ0) is 13.6. The average Bonchev–Trinajstić information content (AvgIpc) is 2.84. The molecule has 18 heavy (non-hydrogen) atoms. The van der Waals surface area contributed by atoms with Gasteiger partial charge in [-0.1, -0.05) is 31.5 Å². The van der Waals surface area contributed by atoms with Crippen LogP contribution in [0.25, 0.3) is 0 Å². The standard InChI is InChI=1S/C12H17ClN2O2S/c1-12(2)6-11(12)15-18(16,17)9-4-3-8(7-14)10(13)5-9/h3-5,11,15H,6-7,14H2,1-2H3. The number of hydrogen-bond donors (Lipinski definition) is 2. The van der Waals surface area contributed by atoms with Crippen LogP contribution in [0.1, 0.15) is 25.8 Å². The normalized spacial score (nSPS) is 21.9. The second-order valence-corrected chi connectivity index (χ2v) is 7.45. The molecule has 4 nitrogen and oxygen atoms in total. The molecule has 6 heteroatoms. The molecule has 1 aliphatic rings. The van der Waals surface area contributed by atoms with E-state index in [9.17, 15) is 8.42 Å². The number of sulfonamides is 1. The molecule has 1 aromatic rings. The Hall–Kier alpha value is -0.620. The summed E-state index contributed by atoms with van der Waals surface area (Å²) >= 11 is 5.97. The highest BCUT2D eigenvalue weighted by molar-refractivity contribution is 7.89. The lowest BCUT2D eigenvalue weighted by Gasteiger charge is -2.09. The van der Waals surface area contributed by atoms with Crippen LogP contribution in [0.4, 0.5) is 0 Å². The summed E-state index contributed by atoms with van der Waals surface area (Å²) in [5.41, 5.74) is 6.27. The molecule has 0 radical (unpaired) electrons. The smallest absolute Gasteiger partial charge is 0.240 e. The van der Waals surface area contributed by atoms with Crippen LogP contribution in [0, 0.1) is 5.41 Å². The fourth-order valence-corrected chi connectivity index (χ4v) is 3.54. The first-order valence-electron chi connectivity index (χ1n) is 5.77. The van der Waals surface area contributed by atoms with E-state index >= 15 is 0 Å². The molecule has 2 rings (SSSR count). The summed E-state index contributed by atoms with van der Waals surface area (Å²) in [6.45, 7) is 4.36. The first kappa shape index (κ1) is 13.8. The van der Waals surface area contributed by atoms with Crippen molar-refractivity contribution in [1.82, 2.24) is 4.72 Å². The lowest BCUT2D eigenvalue weighted by Crippen LogP contribution is -2.28. The van der Waals surface area contributed by atoms with Crippen molar-refractivity contribution in [1.29, 1.82) is 0 Å². The van der Waals surface area contributed by atoms with Gasteiger partial charge >= 0.3 is 0 Å². The number of nitrogens with two attached hydrogens (primary N) is 1. The summed E-state index contributed by atoms with van der Waals surface area (Å²) in [4.78, 5) is 0.187. The van der Waals surface area contributed by atoms with Gasteiger partial charge in [-0.3, -0.25) is 0 Å². The van der Waals surface area contributed by atoms with Gasteiger partial charge in [-0.15, -0.1) is 0 Å². The van der Waals surface area contributed by atoms with Crippen molar-refractivity contribution in [2.75, 3.05) is 0 Å². The number of rotatable bonds is 4. The van der Waals surface area contributed by atoms with Crippen LogP contribution in [0.5, 0.6) is 0 Å². The van der Waals surface area contributed by atoms with E-state index in [-0.39, 0.29) is 16.4 Å². The molecule has 0 aromatic heterocycles. The van der Waals surface area contributed by atoms with Gasteiger partial charge in [0.15, 0.2) is 0 Å². The SMILES string of the molecule is CC1(C)CC1NS(=O)(=O)c1ccc(CN)c(Cl)c1. The number of nitrogens with one attached hydrogen (secondary N) is 1. The van der Waals surface area contributed by atoms with Gasteiger partial charge in [-0.25, -0.2) is 13.1 Å². The first-order chi connectivity index (χ1) is 8.26. The molecule has 1 unspecified atom stereocenters. The van der Waals surface area contributed by atoms with Crippen molar-refractivity contribution < 1.29 is 8.42 Å². The van der Waals surface area contributed by atoms with Gasteiger partial charge in [0.1, 0.15) is 0 Å². The largest absolute Gasteiger partial charge is 0.326 e. The van der Waals surface area contributed by atoms with Crippen LogP contribution in [-0.4, -0.2) is 14.5 Å². The van der Waals surface area contributed by atoms with Crippen molar-refractivity contribution in [2.24, 2.45) is 11.1 Å². The quantitative estimate of drug-likeness (QED) is 0.888. The Morgan fingerprint density at radius 2 is 2.11 bits per heavy atom. The van der Waals surface area contributed by atoms with Crippen molar-refractivity contribution in [3.8, 4) is 0 Å². The zero-order valence-electron chi connectivity index (χ0n) is 10.4. The third kappa shape index (κ3) is 2.69. The summed E-state index contributed by atoms with van der Waals surface area (Å²) < 4.78 is 26.9. The van der Waals surface area contributed by atoms with Crippen LogP contribution < -0.4 is 10.5 Å². The highest BCUT2D eigenvalue weighted by atomic mass is 35.5. The minimum absolute atomic E-state index is 0.00969. The van der Waals surface area contributed by atoms with Gasteiger partial charge in [0.2, 0.25) is 10.0 Å². The van der Waals surface area contributed by atoms with Crippen LogP contribution in [0.15, 0.2) is 23.1 Å². The van der Waals surface area contributed by atoms with E-state index < -0.39 is 10.0 Å². The fraction of sp³-hybridized carbons (Fsp3) is 0.500. The minimum atomic E-state index is -3.49. The molecule has 0 spiro atoms. The molecule has 0 bridgehead atoms. The maximum atomic E-state index is 12.1. The summed E-state index contributed by atoms with van der Waals surface area (Å²) in [6.07, 6.45) is 0.862. The molecular weight excluding hydrogens is 272 g/mol. The van der Waals surface area contributed by atoms with Crippen LogP contribution >= 0.6 is 11.6 Å². The van der Waals surface area contributed by atoms with Crippen molar-refractivity contribution in [2.45, 2.75) is 37.8 Å². The van der Waals surface area contributed by atoms with E-state index in [1.807, 2.05) is 13.8 Å². The average molecular weight is 289 g/mol. The van der Waals surface area contributed by atoms with E-state index in [0.717, 1.165) is 12.0 Å². The molecule has 1 aromatic carbocycles. The highest BCUT2D eigenvalue weighted by Crippen LogP contribution is 2.45. The maximum absolute atomic E-state index is 12.1. The topological polar surface area (TPSA) is 72.2 Å². The van der Waals surface area contributed by atoms with E-state index in [4.69, 9.17) is 17.3 Å². The molecule has 1 atom stereocenters. The fourth-order valence-electron chi connectivity index (χ4n) is 1.78. The molecule has 0 saturated heterocycles. The second-order valence-electron chi connectivity index (χ2n) is 5.32. The summed E-state index contributed by atoms with van der Waals surface area (Å²) in [6, 6.07) is 4.64. The summed E-state index contributed by atoms with van der Waals surface area (Å²) in [7, 11) is -3.49. The number of halogens is 1. The van der Waals surface area contributed by atoms with Crippen molar-refractivity contribution >= 4 is 21.6 Å². The third-order valence-corrected chi connectivity index (χ3v) is 5.19. The monoisotopic (exact) mass is 288 g/mol. The van der Waals surface area contributed by atoms with Crippen LogP contribution in [-0.2, 0) is 16.6 Å². The molecule has 0 aliphatic heterocycles. The molecule has 3 N–H and O–H groups in total. The van der Waals surface area contributed by atoms with Crippen LogP contribution in [0.2, 0.25) is 5.02 Å². The molecule has 1 fully saturated rings. The Bertz CT molecular complexity index is 569. The van der Waals surface area contributed by atoms with Gasteiger partial charge in [0.25, 0.3) is 0 Å². The molecular formula is C12H17ClN2O2S. The minimum Gasteiger partial charge on any atom is -0.326 e. The Morgan fingerprint density at radius 3 is 2.56 bits per heavy atom. The number of benzene rings is 1. The maximum Gasteiger partial charge on any atom is 0.240 e. The van der Waals surface area contributed by atoms with E-state index in [0.29, 0.717) is 11.6 Å². The van der Waals surface area contributed by atoms with Gasteiger partial charge < -0.3 is 5.73 Å². The lowest BCUT2D eigenvalue weighted by atomic mass is 10.2. The molecule has 1 aliphatic carbocycles. The summed E-state index contributed by atoms with van der Waals surface area (Å²) in [5, 5.41) is 0.385. The van der Waals surface area contributed by atoms with Crippen molar-refractivity contribution in [3.05, 3.63) is 28.8 Å². The Kier molecular flexibility index (Phi) is 3.44. The molecule has 100 valence electrons. The zero-order valence-corrected chi connectivity index (χ0v) is 12.0. The Labute approximate surface area is 113 Å². The van der Waals surface area contributed by atoms with E-state index in [1.54, 1.807) is 6.07 Å². The predicted molar refractivity (Wildman–Crippen MR) is 71.9 cm³/mol. The van der Waals surface area contributed by atoms with Gasteiger partial charge in [0, 0.05) is 17.6 Å². The Balaban J connectivity index is 2.23. The predicted octanol–water partition coefficient (Wildman–Crippen LogP) is 1.88. The van der Waals surface area contributed by atoms with Crippen LogP contribution in [0.3, 0.4) is 0 Å². The van der Waals surface area contributed by atoms with Crippen molar-refractivity contribution in [3.63, 3.8) is 0 Å². The molecule has 0 amide bonds. The van der Waals surface area contributed by atoms with E-state index in [1.165, 1.54) is 12.1 Å². The molecule has 0 heterocycles. The summed E-state index contributed by atoms with van der Waals surface area (Å²) in [5.74, 6) is 0. The highest BCUT2D eigenvalue weighted by Gasteiger charge is 2.47. The van der Waals surface area contributed by atoms with Gasteiger partial charge in [0.05, 0.1) is 4.90 Å². The third-order valence-electron chi connectivity index (χ3n) is 3.37. The molecule has 1 saturated carbocycles. The first-order valence-corrected chi connectivity index (χ1v) is 7.63. The lowest BCUT2D eigenvalue weighted by molar-refractivity contribution is 0.555.